The average Bonchev–Trinajstić information content (AvgIpc) is 2.38. The highest BCUT2D eigenvalue weighted by Gasteiger charge is 2.04. The lowest BCUT2D eigenvalue weighted by molar-refractivity contribution is 0.0954. The summed E-state index contributed by atoms with van der Waals surface area (Å²) in [7, 11) is 0. The van der Waals surface area contributed by atoms with Gasteiger partial charge in [0.25, 0.3) is 5.91 Å². The van der Waals surface area contributed by atoms with Crippen LogP contribution in [0.25, 0.3) is 0 Å². The van der Waals surface area contributed by atoms with Gasteiger partial charge in [-0.2, -0.15) is 5.10 Å². The Labute approximate surface area is 118 Å². The molecule has 96 valence electrons. The summed E-state index contributed by atoms with van der Waals surface area (Å²) in [5.74, 6) is -0.908. The fourth-order valence-corrected chi connectivity index (χ4v) is 1.86. The minimum Gasteiger partial charge on any atom is -0.267 e. The van der Waals surface area contributed by atoms with Crippen molar-refractivity contribution >= 4 is 28.1 Å². The van der Waals surface area contributed by atoms with Crippen LogP contribution in [0.1, 0.15) is 15.9 Å². The number of rotatable bonds is 3. The molecule has 0 bridgehead atoms. The van der Waals surface area contributed by atoms with E-state index in [-0.39, 0.29) is 5.56 Å². The Morgan fingerprint density at radius 2 is 2.00 bits per heavy atom. The average molecular weight is 321 g/mol. The second-order valence-electron chi connectivity index (χ2n) is 3.76. The second kappa shape index (κ2) is 6.24. The van der Waals surface area contributed by atoms with Crippen molar-refractivity contribution in [2.24, 2.45) is 5.10 Å². The van der Waals surface area contributed by atoms with Crippen molar-refractivity contribution in [1.82, 2.24) is 5.43 Å². The first-order chi connectivity index (χ1) is 9.15. The molecule has 0 heterocycles. The molecule has 0 atom stereocenters. The predicted octanol–water partition coefficient (Wildman–Crippen LogP) is 3.35. The Bertz CT molecular complexity index is 628. The van der Waals surface area contributed by atoms with Gasteiger partial charge in [0, 0.05) is 10.0 Å². The molecule has 2 rings (SSSR count). The molecular weight excluding hydrogens is 311 g/mol. The highest BCUT2D eigenvalue weighted by atomic mass is 79.9. The molecule has 0 aromatic heterocycles. The molecule has 19 heavy (non-hydrogen) atoms. The third-order valence-electron chi connectivity index (χ3n) is 2.32. The number of hydrogen-bond acceptors (Lipinski definition) is 2. The zero-order valence-electron chi connectivity index (χ0n) is 9.81. The number of carbonyl (C=O) groups excluding carboxylic acids is 1. The van der Waals surface area contributed by atoms with Gasteiger partial charge in [-0.3, -0.25) is 4.79 Å². The maximum absolute atomic E-state index is 12.9. The quantitative estimate of drug-likeness (QED) is 0.684. The molecule has 1 amide bonds. The molecule has 1 N–H and O–H groups in total. The monoisotopic (exact) mass is 320 g/mol. The van der Waals surface area contributed by atoms with Crippen molar-refractivity contribution in [2.45, 2.75) is 0 Å². The van der Waals surface area contributed by atoms with E-state index in [1.807, 2.05) is 24.3 Å². The van der Waals surface area contributed by atoms with Crippen molar-refractivity contribution in [3.05, 3.63) is 69.9 Å². The lowest BCUT2D eigenvalue weighted by Gasteiger charge is -1.99. The molecule has 0 aliphatic rings. The summed E-state index contributed by atoms with van der Waals surface area (Å²) in [4.78, 5) is 11.7. The maximum atomic E-state index is 12.9. The van der Waals surface area contributed by atoms with E-state index < -0.39 is 11.7 Å². The second-order valence-corrected chi connectivity index (χ2v) is 4.68. The predicted molar refractivity (Wildman–Crippen MR) is 75.6 cm³/mol. The standard InChI is InChI=1S/C14H10BrFN2O/c15-12-5-1-3-10(7-12)9-17-18-14(19)11-4-2-6-13(16)8-11/h1-9H,(H,18,19)/b17-9-. The van der Waals surface area contributed by atoms with Gasteiger partial charge in [0.15, 0.2) is 0 Å². The van der Waals surface area contributed by atoms with Crippen LogP contribution in [-0.4, -0.2) is 12.1 Å². The minimum atomic E-state index is -0.455. The van der Waals surface area contributed by atoms with Crippen LogP contribution in [0.4, 0.5) is 4.39 Å². The molecular formula is C14H10BrFN2O. The molecule has 5 heteroatoms. The molecule has 2 aromatic carbocycles. The van der Waals surface area contributed by atoms with Crippen LogP contribution in [-0.2, 0) is 0 Å². The van der Waals surface area contributed by atoms with E-state index in [0.717, 1.165) is 16.1 Å². The summed E-state index contributed by atoms with van der Waals surface area (Å²) in [6, 6.07) is 12.9. The van der Waals surface area contributed by atoms with E-state index in [4.69, 9.17) is 0 Å². The van der Waals surface area contributed by atoms with E-state index in [2.05, 4.69) is 26.5 Å². The van der Waals surface area contributed by atoms with Gasteiger partial charge >= 0.3 is 0 Å². The number of amides is 1. The third kappa shape index (κ3) is 3.99. The zero-order chi connectivity index (χ0) is 13.7. The third-order valence-corrected chi connectivity index (χ3v) is 2.81. The summed E-state index contributed by atoms with van der Waals surface area (Å²) in [5, 5.41) is 3.82. The summed E-state index contributed by atoms with van der Waals surface area (Å²) in [5.41, 5.74) is 3.41. The Kier molecular flexibility index (Phi) is 4.41. The van der Waals surface area contributed by atoms with E-state index in [1.54, 1.807) is 0 Å². The number of hydrogen-bond donors (Lipinski definition) is 1. The number of benzene rings is 2. The molecule has 0 saturated heterocycles. The van der Waals surface area contributed by atoms with Gasteiger partial charge in [-0.15, -0.1) is 0 Å². The molecule has 0 radical (unpaired) electrons. The van der Waals surface area contributed by atoms with Crippen LogP contribution in [0.5, 0.6) is 0 Å². The van der Waals surface area contributed by atoms with Crippen molar-refractivity contribution in [2.75, 3.05) is 0 Å². The van der Waals surface area contributed by atoms with E-state index in [9.17, 15) is 9.18 Å². The Morgan fingerprint density at radius 3 is 2.74 bits per heavy atom. The summed E-state index contributed by atoms with van der Waals surface area (Å²) in [6.07, 6.45) is 1.52. The Balaban J connectivity index is 2.01. The van der Waals surface area contributed by atoms with Gasteiger partial charge < -0.3 is 0 Å². The first-order valence-electron chi connectivity index (χ1n) is 5.50. The van der Waals surface area contributed by atoms with Crippen molar-refractivity contribution in [3.63, 3.8) is 0 Å². The number of hydrazone groups is 1. The fraction of sp³-hybridized carbons (Fsp3) is 0. The molecule has 3 nitrogen and oxygen atoms in total. The lowest BCUT2D eigenvalue weighted by atomic mass is 10.2. The van der Waals surface area contributed by atoms with E-state index in [0.29, 0.717) is 0 Å². The number of nitrogens with one attached hydrogen (secondary N) is 1. The summed E-state index contributed by atoms with van der Waals surface area (Å²) in [6.45, 7) is 0. The van der Waals surface area contributed by atoms with Crippen molar-refractivity contribution in [1.29, 1.82) is 0 Å². The van der Waals surface area contributed by atoms with Crippen LogP contribution >= 0.6 is 15.9 Å². The molecule has 0 aliphatic carbocycles. The van der Waals surface area contributed by atoms with Crippen molar-refractivity contribution in [3.8, 4) is 0 Å². The minimum absolute atomic E-state index is 0.228. The smallest absolute Gasteiger partial charge is 0.267 e. The first kappa shape index (κ1) is 13.4. The maximum Gasteiger partial charge on any atom is 0.271 e. The van der Waals surface area contributed by atoms with Crippen LogP contribution in [0, 0.1) is 5.82 Å². The van der Waals surface area contributed by atoms with Crippen LogP contribution in [0.3, 0.4) is 0 Å². The number of halogens is 2. The van der Waals surface area contributed by atoms with Crippen molar-refractivity contribution < 1.29 is 9.18 Å². The molecule has 0 aliphatic heterocycles. The molecule has 0 fully saturated rings. The van der Waals surface area contributed by atoms with Gasteiger partial charge in [0.05, 0.1) is 6.21 Å². The number of carbonyl (C=O) groups is 1. The molecule has 0 spiro atoms. The largest absolute Gasteiger partial charge is 0.271 e. The summed E-state index contributed by atoms with van der Waals surface area (Å²) < 4.78 is 13.9. The Morgan fingerprint density at radius 1 is 1.21 bits per heavy atom. The SMILES string of the molecule is O=C(N/N=C\c1cccc(Br)c1)c1cccc(F)c1. The van der Waals surface area contributed by atoms with Crippen LogP contribution < -0.4 is 5.43 Å². The topological polar surface area (TPSA) is 41.5 Å². The highest BCUT2D eigenvalue weighted by Crippen LogP contribution is 2.09. The van der Waals surface area contributed by atoms with Gasteiger partial charge in [-0.25, -0.2) is 9.82 Å². The molecule has 2 aromatic rings. The van der Waals surface area contributed by atoms with Gasteiger partial charge in [0.2, 0.25) is 0 Å². The van der Waals surface area contributed by atoms with Crippen LogP contribution in [0.2, 0.25) is 0 Å². The van der Waals surface area contributed by atoms with Gasteiger partial charge in [-0.05, 0) is 35.9 Å². The Hall–Kier alpha value is -2.01. The lowest BCUT2D eigenvalue weighted by Crippen LogP contribution is -2.17. The molecule has 0 unspecified atom stereocenters. The first-order valence-corrected chi connectivity index (χ1v) is 6.29. The van der Waals surface area contributed by atoms with E-state index in [1.165, 1.54) is 24.4 Å². The van der Waals surface area contributed by atoms with Gasteiger partial charge in [-0.1, -0.05) is 34.1 Å². The zero-order valence-corrected chi connectivity index (χ0v) is 11.4. The summed E-state index contributed by atoms with van der Waals surface area (Å²) >= 11 is 3.34. The van der Waals surface area contributed by atoms with E-state index >= 15 is 0 Å². The normalized spacial score (nSPS) is 10.6. The fourth-order valence-electron chi connectivity index (χ4n) is 1.45. The van der Waals surface area contributed by atoms with Crippen LogP contribution in [0.15, 0.2) is 58.1 Å². The molecule has 0 saturated carbocycles. The highest BCUT2D eigenvalue weighted by molar-refractivity contribution is 9.10. The number of nitrogens with zero attached hydrogens (tertiary/aromatic N) is 1. The van der Waals surface area contributed by atoms with Gasteiger partial charge in [0.1, 0.15) is 5.82 Å².